The quantitative estimate of drug-likeness (QED) is 0.444. The highest BCUT2D eigenvalue weighted by Gasteiger charge is 2.03. The first-order valence-electron chi connectivity index (χ1n) is 4.96. The Labute approximate surface area is 94.1 Å². The molecule has 0 amide bonds. The number of hydrogen-bond donors (Lipinski definition) is 2. The number of esters is 1. The first-order valence-corrected chi connectivity index (χ1v) is 4.96. The number of guanidine groups is 1. The molecule has 1 aromatic carbocycles. The first kappa shape index (κ1) is 12.0. The molecule has 0 bridgehead atoms. The lowest BCUT2D eigenvalue weighted by Crippen LogP contribution is -2.21. The second kappa shape index (κ2) is 5.75. The molecule has 0 radical (unpaired) electrons. The van der Waals surface area contributed by atoms with E-state index in [0.29, 0.717) is 12.3 Å². The summed E-state index contributed by atoms with van der Waals surface area (Å²) in [7, 11) is 0. The summed E-state index contributed by atoms with van der Waals surface area (Å²) in [6.45, 7) is 2.17. The second-order valence-electron chi connectivity index (χ2n) is 3.18. The molecule has 0 atom stereocenters. The van der Waals surface area contributed by atoms with Crippen molar-refractivity contribution in [2.45, 2.75) is 13.3 Å². The van der Waals surface area contributed by atoms with Crippen molar-refractivity contribution in [2.75, 3.05) is 6.61 Å². The number of carbonyl (C=O) groups excluding carboxylic acids is 1. The zero-order chi connectivity index (χ0) is 12.0. The average molecular weight is 221 g/mol. The van der Waals surface area contributed by atoms with Crippen LogP contribution in [0, 0.1) is 0 Å². The highest BCUT2D eigenvalue weighted by molar-refractivity contribution is 5.79. The third kappa shape index (κ3) is 4.00. The molecule has 86 valence electrons. The topological polar surface area (TPSA) is 90.7 Å². The number of nitrogens with two attached hydrogens (primary N) is 2. The molecule has 0 heterocycles. The van der Waals surface area contributed by atoms with Crippen LogP contribution < -0.4 is 11.5 Å². The lowest BCUT2D eigenvalue weighted by Gasteiger charge is -2.02. The van der Waals surface area contributed by atoms with E-state index in [4.69, 9.17) is 16.2 Å². The molecule has 1 rings (SSSR count). The van der Waals surface area contributed by atoms with E-state index >= 15 is 0 Å². The van der Waals surface area contributed by atoms with Crippen LogP contribution in [0.4, 0.5) is 5.69 Å². The molecule has 4 N–H and O–H groups in total. The van der Waals surface area contributed by atoms with Gasteiger partial charge >= 0.3 is 5.97 Å². The van der Waals surface area contributed by atoms with Crippen LogP contribution in [0.3, 0.4) is 0 Å². The van der Waals surface area contributed by atoms with Gasteiger partial charge in [-0.25, -0.2) is 4.99 Å². The monoisotopic (exact) mass is 221 g/mol. The fourth-order valence-corrected chi connectivity index (χ4v) is 1.22. The van der Waals surface area contributed by atoms with E-state index in [1.54, 1.807) is 31.2 Å². The van der Waals surface area contributed by atoms with Gasteiger partial charge in [0.25, 0.3) is 0 Å². The van der Waals surface area contributed by atoms with Gasteiger partial charge in [-0.15, -0.1) is 0 Å². The van der Waals surface area contributed by atoms with Gasteiger partial charge in [0.15, 0.2) is 5.96 Å². The van der Waals surface area contributed by atoms with Crippen molar-refractivity contribution < 1.29 is 9.53 Å². The second-order valence-corrected chi connectivity index (χ2v) is 3.18. The zero-order valence-corrected chi connectivity index (χ0v) is 9.14. The van der Waals surface area contributed by atoms with Crippen molar-refractivity contribution in [1.29, 1.82) is 0 Å². The predicted molar refractivity (Wildman–Crippen MR) is 62.2 cm³/mol. The Hall–Kier alpha value is -2.04. The van der Waals surface area contributed by atoms with E-state index in [0.717, 1.165) is 5.56 Å². The Bertz CT molecular complexity index is 381. The molecule has 0 aliphatic rings. The van der Waals surface area contributed by atoms with Crippen LogP contribution in [-0.2, 0) is 16.0 Å². The summed E-state index contributed by atoms with van der Waals surface area (Å²) < 4.78 is 4.83. The normalized spacial score (nSPS) is 9.56. The molecule has 16 heavy (non-hydrogen) atoms. The van der Waals surface area contributed by atoms with Crippen LogP contribution in [0.5, 0.6) is 0 Å². The van der Waals surface area contributed by atoms with Crippen LogP contribution in [0.2, 0.25) is 0 Å². The van der Waals surface area contributed by atoms with Gasteiger partial charge in [0.2, 0.25) is 0 Å². The molecule has 0 aliphatic heterocycles. The molecule has 0 aliphatic carbocycles. The molecule has 1 aromatic rings. The SMILES string of the molecule is CCOC(=O)Cc1ccc(N=C(N)N)cc1. The van der Waals surface area contributed by atoms with Crippen molar-refractivity contribution in [1.82, 2.24) is 0 Å². The highest BCUT2D eigenvalue weighted by atomic mass is 16.5. The Morgan fingerprint density at radius 3 is 2.44 bits per heavy atom. The standard InChI is InChI=1S/C11H15N3O2/c1-2-16-10(15)7-8-3-5-9(6-4-8)14-11(12)13/h3-6H,2,7H2,1H3,(H4,12,13,14). The van der Waals surface area contributed by atoms with Crippen molar-refractivity contribution in [3.63, 3.8) is 0 Å². The Morgan fingerprint density at radius 1 is 1.31 bits per heavy atom. The Kier molecular flexibility index (Phi) is 4.32. The van der Waals surface area contributed by atoms with Crippen molar-refractivity contribution in [3.05, 3.63) is 29.8 Å². The number of carbonyl (C=O) groups is 1. The van der Waals surface area contributed by atoms with Gasteiger partial charge in [-0.05, 0) is 24.6 Å². The van der Waals surface area contributed by atoms with Gasteiger partial charge < -0.3 is 16.2 Å². The fraction of sp³-hybridized carbons (Fsp3) is 0.273. The van der Waals surface area contributed by atoms with Gasteiger partial charge in [0, 0.05) is 0 Å². The fourth-order valence-electron chi connectivity index (χ4n) is 1.22. The van der Waals surface area contributed by atoms with Gasteiger partial charge in [-0.3, -0.25) is 4.79 Å². The summed E-state index contributed by atoms with van der Waals surface area (Å²) in [5, 5.41) is 0. The number of hydrogen-bond acceptors (Lipinski definition) is 3. The molecule has 0 unspecified atom stereocenters. The Balaban J connectivity index is 2.65. The number of ether oxygens (including phenoxy) is 1. The van der Waals surface area contributed by atoms with Crippen LogP contribution in [-0.4, -0.2) is 18.5 Å². The smallest absolute Gasteiger partial charge is 0.310 e. The molecule has 5 nitrogen and oxygen atoms in total. The lowest BCUT2D eigenvalue weighted by atomic mass is 10.1. The number of nitrogens with zero attached hydrogens (tertiary/aromatic N) is 1. The minimum Gasteiger partial charge on any atom is -0.466 e. The van der Waals surface area contributed by atoms with Crippen LogP contribution in [0.1, 0.15) is 12.5 Å². The molecule has 0 saturated heterocycles. The average Bonchev–Trinajstić information content (AvgIpc) is 2.20. The van der Waals surface area contributed by atoms with Crippen molar-refractivity contribution >= 4 is 17.6 Å². The minimum absolute atomic E-state index is 0.0122. The summed E-state index contributed by atoms with van der Waals surface area (Å²) in [6.07, 6.45) is 0.260. The molecule has 0 spiro atoms. The summed E-state index contributed by atoms with van der Waals surface area (Å²) in [5.41, 5.74) is 12.0. The predicted octanol–water partition coefficient (Wildman–Crippen LogP) is 0.697. The van der Waals surface area contributed by atoms with E-state index in [-0.39, 0.29) is 18.3 Å². The minimum atomic E-state index is -0.239. The summed E-state index contributed by atoms with van der Waals surface area (Å²) in [4.78, 5) is 15.1. The van der Waals surface area contributed by atoms with Crippen molar-refractivity contribution in [3.8, 4) is 0 Å². The largest absolute Gasteiger partial charge is 0.466 e. The van der Waals surface area contributed by atoms with E-state index < -0.39 is 0 Å². The summed E-state index contributed by atoms with van der Waals surface area (Å²) in [5.74, 6) is -0.227. The third-order valence-electron chi connectivity index (χ3n) is 1.85. The van der Waals surface area contributed by atoms with E-state index in [9.17, 15) is 4.79 Å². The molecule has 0 saturated carbocycles. The molecule has 5 heteroatoms. The molecular formula is C11H15N3O2. The maximum absolute atomic E-state index is 11.2. The maximum atomic E-state index is 11.2. The highest BCUT2D eigenvalue weighted by Crippen LogP contribution is 2.13. The van der Waals surface area contributed by atoms with Crippen LogP contribution in [0.25, 0.3) is 0 Å². The number of benzene rings is 1. The van der Waals surface area contributed by atoms with E-state index in [1.807, 2.05) is 0 Å². The molecule has 0 aromatic heterocycles. The lowest BCUT2D eigenvalue weighted by molar-refractivity contribution is -0.142. The number of aliphatic imine (C=N–C) groups is 1. The zero-order valence-electron chi connectivity index (χ0n) is 9.14. The maximum Gasteiger partial charge on any atom is 0.310 e. The van der Waals surface area contributed by atoms with E-state index in [2.05, 4.69) is 4.99 Å². The first-order chi connectivity index (χ1) is 7.61. The molecule has 0 fully saturated rings. The van der Waals surface area contributed by atoms with Gasteiger partial charge in [-0.1, -0.05) is 12.1 Å². The van der Waals surface area contributed by atoms with Crippen LogP contribution >= 0.6 is 0 Å². The summed E-state index contributed by atoms with van der Waals surface area (Å²) in [6, 6.07) is 7.07. The molecular weight excluding hydrogens is 206 g/mol. The van der Waals surface area contributed by atoms with E-state index in [1.165, 1.54) is 0 Å². The Morgan fingerprint density at radius 2 is 1.94 bits per heavy atom. The van der Waals surface area contributed by atoms with Crippen LogP contribution in [0.15, 0.2) is 29.3 Å². The van der Waals surface area contributed by atoms with Gasteiger partial charge in [0.05, 0.1) is 18.7 Å². The third-order valence-corrected chi connectivity index (χ3v) is 1.85. The van der Waals surface area contributed by atoms with Gasteiger partial charge in [-0.2, -0.15) is 0 Å². The summed E-state index contributed by atoms with van der Waals surface area (Å²) >= 11 is 0. The van der Waals surface area contributed by atoms with Gasteiger partial charge in [0.1, 0.15) is 0 Å². The number of rotatable bonds is 4. The van der Waals surface area contributed by atoms with Crippen molar-refractivity contribution in [2.24, 2.45) is 16.5 Å².